The van der Waals surface area contributed by atoms with Crippen molar-refractivity contribution >= 4 is 22.8 Å². The molecular weight excluding hydrogens is 226 g/mol. The highest BCUT2D eigenvalue weighted by Crippen LogP contribution is 2.19. The van der Waals surface area contributed by atoms with Crippen LogP contribution in [0.4, 0.5) is 0 Å². The van der Waals surface area contributed by atoms with Gasteiger partial charge in [0, 0.05) is 6.92 Å². The molecule has 0 aromatic heterocycles. The summed E-state index contributed by atoms with van der Waals surface area (Å²) in [6.07, 6.45) is 0.614. The lowest BCUT2D eigenvalue weighted by Crippen LogP contribution is -2.40. The second kappa shape index (κ2) is 7.46. The lowest BCUT2D eigenvalue weighted by atomic mass is 10.2. The maximum Gasteiger partial charge on any atom is 0.217 e. The van der Waals surface area contributed by atoms with E-state index in [-0.39, 0.29) is 11.0 Å². The molecule has 1 amide bonds. The van der Waals surface area contributed by atoms with Crippen LogP contribution in [0, 0.1) is 0 Å². The Kier molecular flexibility index (Phi) is 7.08. The monoisotopic (exact) mass is 245 g/mol. The standard InChI is InChI=1S/C11H19NO3S/c1-5-6-9(14)10(12-8(4)13)16-11(15)7(2)3/h9-10,14H,2,5-6H2,1,3-4H3,(H,12,13). The van der Waals surface area contributed by atoms with Gasteiger partial charge >= 0.3 is 0 Å². The Morgan fingerprint density at radius 3 is 2.38 bits per heavy atom. The van der Waals surface area contributed by atoms with Crippen molar-refractivity contribution in [1.82, 2.24) is 5.32 Å². The van der Waals surface area contributed by atoms with Crippen LogP contribution < -0.4 is 5.32 Å². The number of carbonyl (C=O) groups excluding carboxylic acids is 2. The number of thioether (sulfide) groups is 1. The first-order chi connectivity index (χ1) is 7.38. The molecule has 0 aliphatic heterocycles. The van der Waals surface area contributed by atoms with Gasteiger partial charge in [-0.15, -0.1) is 0 Å². The van der Waals surface area contributed by atoms with Gasteiger partial charge < -0.3 is 10.4 Å². The molecule has 2 atom stereocenters. The van der Waals surface area contributed by atoms with Crippen LogP contribution in [0.25, 0.3) is 0 Å². The molecule has 0 bridgehead atoms. The first-order valence-electron chi connectivity index (χ1n) is 5.20. The normalized spacial score (nSPS) is 14.0. The summed E-state index contributed by atoms with van der Waals surface area (Å²) in [6.45, 7) is 8.42. The van der Waals surface area contributed by atoms with Gasteiger partial charge in [0.05, 0.1) is 6.10 Å². The van der Waals surface area contributed by atoms with Gasteiger partial charge in [0.1, 0.15) is 5.37 Å². The Morgan fingerprint density at radius 1 is 1.44 bits per heavy atom. The Morgan fingerprint density at radius 2 is 2.00 bits per heavy atom. The quantitative estimate of drug-likeness (QED) is 0.549. The predicted octanol–water partition coefficient (Wildman–Crippen LogP) is 1.45. The molecular formula is C11H19NO3S. The van der Waals surface area contributed by atoms with E-state index in [2.05, 4.69) is 11.9 Å². The average Bonchev–Trinajstić information content (AvgIpc) is 2.16. The van der Waals surface area contributed by atoms with Crippen molar-refractivity contribution < 1.29 is 14.7 Å². The highest BCUT2D eigenvalue weighted by Gasteiger charge is 2.23. The number of aliphatic hydroxyl groups is 1. The van der Waals surface area contributed by atoms with E-state index < -0.39 is 11.5 Å². The van der Waals surface area contributed by atoms with Crippen LogP contribution in [0.3, 0.4) is 0 Å². The molecule has 0 spiro atoms. The number of carbonyl (C=O) groups is 2. The summed E-state index contributed by atoms with van der Waals surface area (Å²) in [5.74, 6) is -0.262. The van der Waals surface area contributed by atoms with Gasteiger partial charge in [0.2, 0.25) is 11.0 Å². The third-order valence-corrected chi connectivity index (χ3v) is 3.11. The molecule has 0 saturated heterocycles. The molecule has 16 heavy (non-hydrogen) atoms. The van der Waals surface area contributed by atoms with Crippen molar-refractivity contribution in [3.63, 3.8) is 0 Å². The van der Waals surface area contributed by atoms with Gasteiger partial charge in [-0.25, -0.2) is 0 Å². The van der Waals surface area contributed by atoms with E-state index in [9.17, 15) is 14.7 Å². The summed E-state index contributed by atoms with van der Waals surface area (Å²) in [5.41, 5.74) is 0.407. The van der Waals surface area contributed by atoms with Gasteiger partial charge in [-0.2, -0.15) is 0 Å². The molecule has 2 unspecified atom stereocenters. The molecule has 2 N–H and O–H groups in total. The van der Waals surface area contributed by atoms with Crippen molar-refractivity contribution in [3.05, 3.63) is 12.2 Å². The zero-order chi connectivity index (χ0) is 12.7. The number of rotatable bonds is 6. The number of hydrogen-bond acceptors (Lipinski definition) is 4. The molecule has 92 valence electrons. The lowest BCUT2D eigenvalue weighted by Gasteiger charge is -2.21. The van der Waals surface area contributed by atoms with Gasteiger partial charge in [-0.1, -0.05) is 31.7 Å². The maximum atomic E-state index is 11.4. The molecule has 0 aliphatic rings. The van der Waals surface area contributed by atoms with E-state index in [1.54, 1.807) is 6.92 Å². The summed E-state index contributed by atoms with van der Waals surface area (Å²) >= 11 is 0.909. The Labute approximate surface area is 100 Å². The average molecular weight is 245 g/mol. The van der Waals surface area contributed by atoms with Crippen molar-refractivity contribution in [2.24, 2.45) is 0 Å². The Hall–Kier alpha value is -0.810. The fourth-order valence-electron chi connectivity index (χ4n) is 1.07. The van der Waals surface area contributed by atoms with Crippen molar-refractivity contribution in [1.29, 1.82) is 0 Å². The largest absolute Gasteiger partial charge is 0.390 e. The van der Waals surface area contributed by atoms with Gasteiger partial charge in [0.15, 0.2) is 0 Å². The summed E-state index contributed by atoms with van der Waals surface area (Å²) in [5, 5.41) is 11.5. The van der Waals surface area contributed by atoms with E-state index in [1.165, 1.54) is 6.92 Å². The van der Waals surface area contributed by atoms with Crippen LogP contribution >= 0.6 is 11.8 Å². The lowest BCUT2D eigenvalue weighted by molar-refractivity contribution is -0.119. The molecule has 0 fully saturated rings. The van der Waals surface area contributed by atoms with E-state index in [1.807, 2.05) is 6.92 Å². The number of hydrogen-bond donors (Lipinski definition) is 2. The number of nitrogens with one attached hydrogen (secondary N) is 1. The first kappa shape index (κ1) is 15.2. The molecule has 0 rings (SSSR count). The van der Waals surface area contributed by atoms with Gasteiger partial charge in [-0.05, 0) is 18.9 Å². The fraction of sp³-hybridized carbons (Fsp3) is 0.636. The third-order valence-electron chi connectivity index (χ3n) is 1.86. The van der Waals surface area contributed by atoms with Crippen LogP contribution in [0.2, 0.25) is 0 Å². The third kappa shape index (κ3) is 5.92. The highest BCUT2D eigenvalue weighted by atomic mass is 32.2. The summed E-state index contributed by atoms with van der Waals surface area (Å²) < 4.78 is 0. The van der Waals surface area contributed by atoms with Crippen molar-refractivity contribution in [3.8, 4) is 0 Å². The smallest absolute Gasteiger partial charge is 0.217 e. The van der Waals surface area contributed by atoms with Crippen molar-refractivity contribution in [2.75, 3.05) is 0 Å². The summed E-state index contributed by atoms with van der Waals surface area (Å²) in [4.78, 5) is 22.4. The molecule has 5 heteroatoms. The Balaban J connectivity index is 4.47. The second-order valence-electron chi connectivity index (χ2n) is 3.66. The van der Waals surface area contributed by atoms with Crippen LogP contribution in [-0.4, -0.2) is 27.6 Å². The molecule has 0 heterocycles. The molecule has 0 aromatic carbocycles. The second-order valence-corrected chi connectivity index (χ2v) is 4.78. The molecule has 0 radical (unpaired) electrons. The van der Waals surface area contributed by atoms with E-state index in [4.69, 9.17) is 0 Å². The SMILES string of the molecule is C=C(C)C(=O)SC(NC(C)=O)C(O)CCC. The van der Waals surface area contributed by atoms with Crippen LogP contribution in [-0.2, 0) is 9.59 Å². The van der Waals surface area contributed by atoms with Crippen LogP contribution in [0.15, 0.2) is 12.2 Å². The predicted molar refractivity (Wildman–Crippen MR) is 65.9 cm³/mol. The first-order valence-corrected chi connectivity index (χ1v) is 6.08. The maximum absolute atomic E-state index is 11.4. The molecule has 0 aliphatic carbocycles. The highest BCUT2D eigenvalue weighted by molar-refractivity contribution is 8.14. The molecule has 0 aromatic rings. The van der Waals surface area contributed by atoms with Gasteiger partial charge in [0.25, 0.3) is 0 Å². The molecule has 0 saturated carbocycles. The van der Waals surface area contributed by atoms with Gasteiger partial charge in [-0.3, -0.25) is 9.59 Å². The zero-order valence-corrected chi connectivity index (χ0v) is 10.8. The minimum atomic E-state index is -0.720. The van der Waals surface area contributed by atoms with E-state index in [0.29, 0.717) is 12.0 Å². The Bertz CT molecular complexity index is 278. The summed E-state index contributed by atoms with van der Waals surface area (Å²) in [7, 11) is 0. The van der Waals surface area contributed by atoms with E-state index in [0.717, 1.165) is 18.2 Å². The van der Waals surface area contributed by atoms with Crippen molar-refractivity contribution in [2.45, 2.75) is 45.1 Å². The van der Waals surface area contributed by atoms with Crippen LogP contribution in [0.1, 0.15) is 33.6 Å². The molecule has 4 nitrogen and oxygen atoms in total. The number of aliphatic hydroxyl groups excluding tert-OH is 1. The van der Waals surface area contributed by atoms with E-state index >= 15 is 0 Å². The zero-order valence-electron chi connectivity index (χ0n) is 9.95. The minimum absolute atomic E-state index is 0.214. The fourth-order valence-corrected chi connectivity index (χ4v) is 2.02. The number of amides is 1. The topological polar surface area (TPSA) is 66.4 Å². The summed E-state index contributed by atoms with van der Waals surface area (Å²) in [6, 6.07) is 0. The van der Waals surface area contributed by atoms with Crippen LogP contribution in [0.5, 0.6) is 0 Å². The minimum Gasteiger partial charge on any atom is -0.390 e.